The van der Waals surface area contributed by atoms with Crippen molar-refractivity contribution in [3.05, 3.63) is 33.2 Å². The molecular weight excluding hydrogens is 260 g/mol. The quantitative estimate of drug-likeness (QED) is 0.718. The van der Waals surface area contributed by atoms with E-state index in [4.69, 9.17) is 0 Å². The van der Waals surface area contributed by atoms with E-state index in [1.54, 1.807) is 19.3 Å². The van der Waals surface area contributed by atoms with E-state index < -0.39 is 0 Å². The minimum atomic E-state index is -0.348. The van der Waals surface area contributed by atoms with Crippen LogP contribution in [0.15, 0.2) is 22.0 Å². The highest BCUT2D eigenvalue weighted by Crippen LogP contribution is 2.16. The number of fused-ring (bicyclic) bond motifs is 1. The molecule has 0 aliphatic heterocycles. The van der Waals surface area contributed by atoms with Gasteiger partial charge in [0.1, 0.15) is 11.3 Å². The van der Waals surface area contributed by atoms with Crippen molar-refractivity contribution in [1.29, 1.82) is 0 Å². The zero-order chi connectivity index (χ0) is 14.3. The molecule has 0 saturated carbocycles. The Kier molecular flexibility index (Phi) is 2.78. The highest BCUT2D eigenvalue weighted by atomic mass is 16.2. The lowest BCUT2D eigenvalue weighted by molar-refractivity contribution is 0.606. The average molecular weight is 274 g/mol. The molecular formula is C12H14N6O2. The van der Waals surface area contributed by atoms with Gasteiger partial charge < -0.3 is 4.98 Å². The Hall–Kier alpha value is -2.64. The number of hydrogen-bond acceptors (Lipinski definition) is 4. The molecule has 0 fully saturated rings. The Morgan fingerprint density at radius 1 is 1.20 bits per heavy atom. The molecule has 0 unspecified atom stereocenters. The Balaban J connectivity index is 2.42. The molecule has 2 N–H and O–H groups in total. The number of aromatic nitrogens is 6. The number of nitrogens with zero attached hydrogens (tertiary/aromatic N) is 4. The van der Waals surface area contributed by atoms with Crippen LogP contribution in [0.2, 0.25) is 0 Å². The first-order chi connectivity index (χ1) is 9.67. The van der Waals surface area contributed by atoms with Crippen molar-refractivity contribution < 1.29 is 0 Å². The topological polar surface area (TPSA) is 101 Å². The standard InChI is InChI=1S/C12H14N6O2/c1-3-17-10-8(11(19)18(4-2)12(17)20)15-9(16-10)7-5-13-14-6-7/h5-6H,3-4H2,1-2H3,(H,13,14)(H,15,16). The lowest BCUT2D eigenvalue weighted by Gasteiger charge is -2.06. The van der Waals surface area contributed by atoms with E-state index >= 15 is 0 Å². The molecule has 0 aromatic carbocycles. The molecule has 104 valence electrons. The Morgan fingerprint density at radius 2 is 1.95 bits per heavy atom. The van der Waals surface area contributed by atoms with Crippen molar-refractivity contribution in [3.8, 4) is 11.4 Å². The summed E-state index contributed by atoms with van der Waals surface area (Å²) >= 11 is 0. The van der Waals surface area contributed by atoms with Gasteiger partial charge in [0.15, 0.2) is 5.65 Å². The third-order valence-corrected chi connectivity index (χ3v) is 3.27. The lowest BCUT2D eigenvalue weighted by atomic mass is 10.3. The maximum Gasteiger partial charge on any atom is 0.332 e. The van der Waals surface area contributed by atoms with E-state index in [0.717, 1.165) is 5.56 Å². The maximum atomic E-state index is 12.3. The van der Waals surface area contributed by atoms with Gasteiger partial charge in [-0.1, -0.05) is 0 Å². The molecule has 20 heavy (non-hydrogen) atoms. The highest BCUT2D eigenvalue weighted by Gasteiger charge is 2.16. The molecule has 0 amide bonds. The van der Waals surface area contributed by atoms with Gasteiger partial charge in [-0.3, -0.25) is 19.0 Å². The van der Waals surface area contributed by atoms with E-state index in [1.165, 1.54) is 9.13 Å². The fourth-order valence-corrected chi connectivity index (χ4v) is 2.25. The third-order valence-electron chi connectivity index (χ3n) is 3.27. The normalized spacial score (nSPS) is 11.3. The van der Waals surface area contributed by atoms with Crippen molar-refractivity contribution in [2.45, 2.75) is 26.9 Å². The van der Waals surface area contributed by atoms with Crippen LogP contribution in [0.3, 0.4) is 0 Å². The molecule has 3 heterocycles. The first kappa shape index (κ1) is 12.4. The second kappa shape index (κ2) is 4.48. The first-order valence-corrected chi connectivity index (χ1v) is 6.39. The van der Waals surface area contributed by atoms with E-state index in [9.17, 15) is 9.59 Å². The van der Waals surface area contributed by atoms with Crippen LogP contribution in [0, 0.1) is 0 Å². The van der Waals surface area contributed by atoms with Gasteiger partial charge in [0.05, 0.1) is 11.8 Å². The van der Waals surface area contributed by atoms with E-state index in [2.05, 4.69) is 20.2 Å². The fraction of sp³-hybridized carbons (Fsp3) is 0.333. The van der Waals surface area contributed by atoms with Crippen LogP contribution in [-0.2, 0) is 13.1 Å². The third kappa shape index (κ3) is 1.61. The molecule has 3 aromatic heterocycles. The predicted octanol–water partition coefficient (Wildman–Crippen LogP) is 0.316. The van der Waals surface area contributed by atoms with Gasteiger partial charge in [0.2, 0.25) is 0 Å². The molecule has 0 spiro atoms. The summed E-state index contributed by atoms with van der Waals surface area (Å²) in [5.74, 6) is 0.515. The second-order valence-electron chi connectivity index (χ2n) is 4.35. The van der Waals surface area contributed by atoms with Gasteiger partial charge in [-0.15, -0.1) is 0 Å². The second-order valence-corrected chi connectivity index (χ2v) is 4.35. The van der Waals surface area contributed by atoms with Crippen LogP contribution in [0.4, 0.5) is 0 Å². The Labute approximate surface area is 113 Å². The highest BCUT2D eigenvalue weighted by molar-refractivity contribution is 5.75. The smallest absolute Gasteiger partial charge is 0.332 e. The summed E-state index contributed by atoms with van der Waals surface area (Å²) < 4.78 is 2.68. The summed E-state index contributed by atoms with van der Waals surface area (Å²) in [7, 11) is 0. The number of aromatic amines is 2. The van der Waals surface area contributed by atoms with E-state index in [-0.39, 0.29) is 11.2 Å². The number of imidazole rings is 1. The molecule has 0 bridgehead atoms. The van der Waals surface area contributed by atoms with Crippen LogP contribution in [0.25, 0.3) is 22.6 Å². The Bertz CT molecular complexity index is 868. The summed E-state index contributed by atoms with van der Waals surface area (Å²) in [6, 6.07) is 0. The zero-order valence-electron chi connectivity index (χ0n) is 11.2. The number of hydrogen-bond donors (Lipinski definition) is 2. The summed E-state index contributed by atoms with van der Waals surface area (Å²) in [4.78, 5) is 31.8. The Morgan fingerprint density at radius 3 is 2.55 bits per heavy atom. The minimum Gasteiger partial charge on any atom is -0.332 e. The molecule has 3 aromatic rings. The number of H-pyrrole nitrogens is 2. The van der Waals surface area contributed by atoms with Crippen LogP contribution in [-0.4, -0.2) is 29.3 Å². The average Bonchev–Trinajstić information content (AvgIpc) is 3.08. The van der Waals surface area contributed by atoms with Gasteiger partial charge >= 0.3 is 5.69 Å². The van der Waals surface area contributed by atoms with Gasteiger partial charge in [-0.2, -0.15) is 5.10 Å². The van der Waals surface area contributed by atoms with Crippen molar-refractivity contribution in [2.24, 2.45) is 0 Å². The monoisotopic (exact) mass is 274 g/mol. The van der Waals surface area contributed by atoms with E-state index in [0.29, 0.717) is 30.1 Å². The van der Waals surface area contributed by atoms with Gasteiger partial charge in [-0.25, -0.2) is 9.78 Å². The van der Waals surface area contributed by atoms with Crippen molar-refractivity contribution in [1.82, 2.24) is 29.3 Å². The summed E-state index contributed by atoms with van der Waals surface area (Å²) in [6.45, 7) is 4.39. The van der Waals surface area contributed by atoms with Crippen LogP contribution < -0.4 is 11.2 Å². The van der Waals surface area contributed by atoms with Crippen LogP contribution in [0.5, 0.6) is 0 Å². The van der Waals surface area contributed by atoms with Crippen molar-refractivity contribution in [2.75, 3.05) is 0 Å². The van der Waals surface area contributed by atoms with Gasteiger partial charge in [0.25, 0.3) is 5.56 Å². The van der Waals surface area contributed by atoms with Crippen LogP contribution >= 0.6 is 0 Å². The molecule has 8 heteroatoms. The summed E-state index contributed by atoms with van der Waals surface area (Å²) in [5.41, 5.74) is 0.767. The van der Waals surface area contributed by atoms with Gasteiger partial charge in [0, 0.05) is 19.3 Å². The molecule has 0 saturated heterocycles. The maximum absolute atomic E-state index is 12.3. The van der Waals surface area contributed by atoms with Gasteiger partial charge in [-0.05, 0) is 13.8 Å². The van der Waals surface area contributed by atoms with E-state index in [1.807, 2.05) is 6.92 Å². The fourth-order valence-electron chi connectivity index (χ4n) is 2.25. The molecule has 3 rings (SSSR count). The number of aryl methyl sites for hydroxylation is 1. The largest absolute Gasteiger partial charge is 0.332 e. The summed E-state index contributed by atoms with van der Waals surface area (Å²) in [6.07, 6.45) is 3.27. The molecule has 8 nitrogen and oxygen atoms in total. The summed E-state index contributed by atoms with van der Waals surface area (Å²) in [5, 5.41) is 6.54. The molecule has 0 atom stereocenters. The lowest BCUT2D eigenvalue weighted by Crippen LogP contribution is -2.39. The number of nitrogens with one attached hydrogen (secondary N) is 2. The molecule has 0 radical (unpaired) electrons. The number of rotatable bonds is 3. The predicted molar refractivity (Wildman–Crippen MR) is 73.5 cm³/mol. The minimum absolute atomic E-state index is 0.327. The van der Waals surface area contributed by atoms with Crippen LogP contribution in [0.1, 0.15) is 13.8 Å². The molecule has 0 aliphatic carbocycles. The zero-order valence-corrected chi connectivity index (χ0v) is 11.2. The first-order valence-electron chi connectivity index (χ1n) is 6.39. The van der Waals surface area contributed by atoms with Crippen molar-refractivity contribution in [3.63, 3.8) is 0 Å². The van der Waals surface area contributed by atoms with Crippen molar-refractivity contribution >= 4 is 11.2 Å². The molecule has 0 aliphatic rings. The SMILES string of the molecule is CCn1c(=O)c2[nH]c(-c3cn[nH]c3)nc2n(CC)c1=O.